The lowest BCUT2D eigenvalue weighted by Gasteiger charge is -2.13. The highest BCUT2D eigenvalue weighted by Crippen LogP contribution is 2.30. The summed E-state index contributed by atoms with van der Waals surface area (Å²) >= 11 is 0. The fourth-order valence-corrected chi connectivity index (χ4v) is 4.15. The molecule has 1 aromatic heterocycles. The van der Waals surface area contributed by atoms with E-state index in [1.165, 1.54) is 24.3 Å². The van der Waals surface area contributed by atoms with Gasteiger partial charge in [0, 0.05) is 24.8 Å². The molecule has 0 saturated carbocycles. The minimum Gasteiger partial charge on any atom is -0.494 e. The van der Waals surface area contributed by atoms with Crippen LogP contribution >= 0.6 is 0 Å². The van der Waals surface area contributed by atoms with Crippen LogP contribution in [0.25, 0.3) is 0 Å². The van der Waals surface area contributed by atoms with Crippen LogP contribution in [0.5, 0.6) is 5.75 Å². The van der Waals surface area contributed by atoms with E-state index >= 15 is 0 Å². The number of ether oxygens (including phenoxy) is 1. The van der Waals surface area contributed by atoms with E-state index in [1.807, 2.05) is 0 Å². The number of alkyl halides is 3. The molecule has 3 N–H and O–H groups in total. The molecule has 0 spiro atoms. The van der Waals surface area contributed by atoms with Gasteiger partial charge in [0.25, 0.3) is 0 Å². The Hall–Kier alpha value is -3.45. The minimum absolute atomic E-state index is 0.0227. The summed E-state index contributed by atoms with van der Waals surface area (Å²) in [5.74, 6) is -0.471. The number of hydrogen-bond acceptors (Lipinski definition) is 7. The molecule has 0 aliphatic heterocycles. The zero-order valence-corrected chi connectivity index (χ0v) is 20.8. The van der Waals surface area contributed by atoms with E-state index in [9.17, 15) is 26.0 Å². The van der Waals surface area contributed by atoms with Crippen molar-refractivity contribution in [1.82, 2.24) is 14.7 Å². The number of unbranched alkanes of at least 4 members (excludes halogenated alkanes) is 2. The molecule has 3 rings (SSSR count). The third kappa shape index (κ3) is 8.86. The fraction of sp³-hybridized carbons (Fsp3) is 0.333. The van der Waals surface area contributed by atoms with E-state index < -0.39 is 27.7 Å². The first kappa shape index (κ1) is 28.1. The van der Waals surface area contributed by atoms with Gasteiger partial charge in [0.2, 0.25) is 16.0 Å². The third-order valence-electron chi connectivity index (χ3n) is 4.98. The van der Waals surface area contributed by atoms with Gasteiger partial charge < -0.3 is 15.4 Å². The molecule has 0 aliphatic rings. The lowest BCUT2D eigenvalue weighted by Crippen LogP contribution is -2.29. The number of benzene rings is 2. The van der Waals surface area contributed by atoms with Gasteiger partial charge in [-0.05, 0) is 55.0 Å². The Balaban J connectivity index is 1.58. The summed E-state index contributed by atoms with van der Waals surface area (Å²) < 4.78 is 86.0. The van der Waals surface area contributed by atoms with Crippen molar-refractivity contribution in [3.05, 3.63) is 66.1 Å². The van der Waals surface area contributed by atoms with Gasteiger partial charge in [-0.3, -0.25) is 0 Å². The summed E-state index contributed by atoms with van der Waals surface area (Å²) in [4.78, 5) is 7.47. The number of aromatic nitrogens is 2. The molecule has 1 heterocycles. The van der Waals surface area contributed by atoms with Gasteiger partial charge in [-0.1, -0.05) is 19.8 Å². The number of sulfonamides is 1. The maximum Gasteiger partial charge on any atom is 0.433 e. The zero-order chi connectivity index (χ0) is 26.9. The Morgan fingerprint density at radius 1 is 0.946 bits per heavy atom. The molecule has 0 radical (unpaired) electrons. The van der Waals surface area contributed by atoms with Crippen LogP contribution in [-0.2, 0) is 16.2 Å². The van der Waals surface area contributed by atoms with Crippen LogP contribution in [0.4, 0.5) is 35.0 Å². The van der Waals surface area contributed by atoms with Crippen LogP contribution in [0.2, 0.25) is 0 Å². The summed E-state index contributed by atoms with van der Waals surface area (Å²) in [5.41, 5.74) is -0.878. The van der Waals surface area contributed by atoms with Crippen molar-refractivity contribution in [2.45, 2.75) is 37.3 Å². The Morgan fingerprint density at radius 2 is 1.65 bits per heavy atom. The first-order valence-electron chi connectivity index (χ1n) is 11.5. The molecule has 13 heteroatoms. The van der Waals surface area contributed by atoms with Gasteiger partial charge in [0.15, 0.2) is 5.69 Å². The second kappa shape index (κ2) is 12.7. The van der Waals surface area contributed by atoms with Crippen molar-refractivity contribution in [3.63, 3.8) is 0 Å². The highest BCUT2D eigenvalue weighted by molar-refractivity contribution is 7.89. The summed E-state index contributed by atoms with van der Waals surface area (Å²) in [6.45, 7) is 2.40. The lowest BCUT2D eigenvalue weighted by molar-refractivity contribution is -0.141. The normalized spacial score (nSPS) is 11.8. The second-order valence-corrected chi connectivity index (χ2v) is 9.71. The van der Waals surface area contributed by atoms with Gasteiger partial charge in [0.1, 0.15) is 17.4 Å². The minimum atomic E-state index is -4.74. The van der Waals surface area contributed by atoms with Crippen molar-refractivity contribution in [1.29, 1.82) is 0 Å². The molecule has 0 atom stereocenters. The van der Waals surface area contributed by atoms with Gasteiger partial charge >= 0.3 is 6.18 Å². The average molecular weight is 542 g/mol. The van der Waals surface area contributed by atoms with Crippen LogP contribution in [0.3, 0.4) is 0 Å². The number of nitrogens with one attached hydrogen (secondary N) is 3. The summed E-state index contributed by atoms with van der Waals surface area (Å²) in [6.07, 6.45) is -1.73. The summed E-state index contributed by atoms with van der Waals surface area (Å²) in [7, 11) is -3.85. The van der Waals surface area contributed by atoms with E-state index in [4.69, 9.17) is 4.74 Å². The smallest absolute Gasteiger partial charge is 0.433 e. The molecule has 0 fully saturated rings. The number of nitrogens with zero attached hydrogens (tertiary/aromatic N) is 2. The molecule has 2 aromatic carbocycles. The molecule has 200 valence electrons. The Kier molecular flexibility index (Phi) is 9.64. The monoisotopic (exact) mass is 541 g/mol. The molecular formula is C24H27F4N5O3S. The Morgan fingerprint density at radius 3 is 2.30 bits per heavy atom. The molecule has 0 unspecified atom stereocenters. The highest BCUT2D eigenvalue weighted by Gasteiger charge is 2.33. The quantitative estimate of drug-likeness (QED) is 0.198. The molecule has 0 amide bonds. The van der Waals surface area contributed by atoms with E-state index in [-0.39, 0.29) is 29.8 Å². The number of rotatable bonds is 13. The molecule has 0 bridgehead atoms. The zero-order valence-electron chi connectivity index (χ0n) is 20.0. The van der Waals surface area contributed by atoms with E-state index in [0.717, 1.165) is 31.4 Å². The standard InChI is InChI=1S/C24H27F4N5O3S/c1-2-3-4-15-36-19-9-11-20(12-10-19)37(34,35)30-14-13-29-23-32-21(24(26,27)28)16-22(33-23)31-18-7-5-17(25)6-8-18/h5-12,16,30H,2-4,13-15H2,1H3,(H2,29,31,32,33). The van der Waals surface area contributed by atoms with Gasteiger partial charge in [-0.15, -0.1) is 0 Å². The topological polar surface area (TPSA) is 105 Å². The number of halogens is 4. The first-order valence-corrected chi connectivity index (χ1v) is 13.0. The number of anilines is 3. The molecule has 3 aromatic rings. The maximum atomic E-state index is 13.3. The first-order chi connectivity index (χ1) is 17.6. The van der Waals surface area contributed by atoms with Gasteiger partial charge in [-0.2, -0.15) is 18.2 Å². The summed E-state index contributed by atoms with van der Waals surface area (Å²) in [5, 5.41) is 5.25. The maximum absolute atomic E-state index is 13.3. The Labute approximate surface area is 212 Å². The molecule has 8 nitrogen and oxygen atoms in total. The van der Waals surface area contributed by atoms with Crippen LogP contribution < -0.4 is 20.1 Å². The molecule has 0 aliphatic carbocycles. The van der Waals surface area contributed by atoms with Gasteiger partial charge in [0.05, 0.1) is 11.5 Å². The van der Waals surface area contributed by atoms with Crippen LogP contribution in [0.1, 0.15) is 31.9 Å². The predicted molar refractivity (Wildman–Crippen MR) is 132 cm³/mol. The van der Waals surface area contributed by atoms with Crippen LogP contribution in [-0.4, -0.2) is 38.1 Å². The van der Waals surface area contributed by atoms with E-state index in [2.05, 4.69) is 32.2 Å². The van der Waals surface area contributed by atoms with E-state index in [1.54, 1.807) is 12.1 Å². The molecular weight excluding hydrogens is 514 g/mol. The second-order valence-electron chi connectivity index (χ2n) is 7.94. The highest BCUT2D eigenvalue weighted by atomic mass is 32.2. The summed E-state index contributed by atoms with van der Waals surface area (Å²) in [6, 6.07) is 11.6. The lowest BCUT2D eigenvalue weighted by atomic mass is 10.3. The average Bonchev–Trinajstić information content (AvgIpc) is 2.86. The predicted octanol–water partition coefficient (Wildman–Crippen LogP) is 5.34. The van der Waals surface area contributed by atoms with Gasteiger partial charge in [-0.25, -0.2) is 22.5 Å². The van der Waals surface area contributed by atoms with Crippen molar-refractivity contribution in [3.8, 4) is 5.75 Å². The van der Waals surface area contributed by atoms with Crippen molar-refractivity contribution < 1.29 is 30.7 Å². The molecule has 0 saturated heterocycles. The fourth-order valence-electron chi connectivity index (χ4n) is 3.12. The number of hydrogen-bond donors (Lipinski definition) is 3. The Bertz CT molecular complexity index is 1250. The van der Waals surface area contributed by atoms with E-state index in [0.29, 0.717) is 24.1 Å². The van der Waals surface area contributed by atoms with Crippen molar-refractivity contribution in [2.24, 2.45) is 0 Å². The van der Waals surface area contributed by atoms with Crippen LogP contribution in [0, 0.1) is 5.82 Å². The van der Waals surface area contributed by atoms with Crippen molar-refractivity contribution >= 4 is 27.5 Å². The third-order valence-corrected chi connectivity index (χ3v) is 6.46. The van der Waals surface area contributed by atoms with Crippen molar-refractivity contribution in [2.75, 3.05) is 30.3 Å². The van der Waals surface area contributed by atoms with Crippen LogP contribution in [0.15, 0.2) is 59.5 Å². The SMILES string of the molecule is CCCCCOc1ccc(S(=O)(=O)NCCNc2nc(Nc3ccc(F)cc3)cc(C(F)(F)F)n2)cc1. The molecule has 37 heavy (non-hydrogen) atoms. The largest absolute Gasteiger partial charge is 0.494 e.